The number of aryl methyl sites for hydroxylation is 1. The van der Waals surface area contributed by atoms with Crippen molar-refractivity contribution in [3.05, 3.63) is 119 Å². The minimum atomic E-state index is -0.255. The number of rotatable bonds is 10. The van der Waals surface area contributed by atoms with Gasteiger partial charge in [0.05, 0.1) is 5.56 Å². The predicted molar refractivity (Wildman–Crippen MR) is 183 cm³/mol. The fourth-order valence-corrected chi connectivity index (χ4v) is 6.68. The Bertz CT molecular complexity index is 2100. The molecule has 4 aliphatic rings. The first-order chi connectivity index (χ1) is 25.4. The van der Waals surface area contributed by atoms with Crippen molar-refractivity contribution in [3.8, 4) is 46.0 Å². The maximum Gasteiger partial charge on any atom is 0.271 e. The summed E-state index contributed by atoms with van der Waals surface area (Å²) < 4.78 is 46.1. The number of carbonyl (C=O) groups excluding carboxylic acids is 2. The SMILES string of the molecule is Cn1cc(C(=O)N(Cc2ccc3c(c2)OCO3)Cc2ccc3c(c2)OCO3)cc1C(=O)N(Cc1ccc2c(c1)OCO2)Cc1ccc2c(c1)OCO2. The Labute approximate surface area is 298 Å². The van der Waals surface area contributed by atoms with E-state index in [2.05, 4.69) is 0 Å². The zero-order chi connectivity index (χ0) is 35.2. The van der Waals surface area contributed by atoms with Gasteiger partial charge in [0.2, 0.25) is 27.2 Å². The highest BCUT2D eigenvalue weighted by Crippen LogP contribution is 2.37. The lowest BCUT2D eigenvalue weighted by Crippen LogP contribution is -2.31. The average Bonchev–Trinajstić information content (AvgIpc) is 4.00. The summed E-state index contributed by atoms with van der Waals surface area (Å²) in [6, 6.07) is 24.2. The van der Waals surface area contributed by atoms with Gasteiger partial charge in [-0.2, -0.15) is 0 Å². The first-order valence-electron chi connectivity index (χ1n) is 16.7. The Kier molecular flexibility index (Phi) is 7.87. The monoisotopic (exact) mass is 703 g/mol. The highest BCUT2D eigenvalue weighted by molar-refractivity contribution is 5.99. The van der Waals surface area contributed by atoms with Crippen molar-refractivity contribution in [2.24, 2.45) is 7.05 Å². The second-order valence-electron chi connectivity index (χ2n) is 12.8. The maximum absolute atomic E-state index is 14.5. The molecule has 0 saturated heterocycles. The van der Waals surface area contributed by atoms with Crippen molar-refractivity contribution in [1.29, 1.82) is 0 Å². The van der Waals surface area contributed by atoms with E-state index in [0.29, 0.717) is 57.3 Å². The van der Waals surface area contributed by atoms with Gasteiger partial charge in [-0.1, -0.05) is 24.3 Å². The van der Waals surface area contributed by atoms with Gasteiger partial charge < -0.3 is 52.3 Å². The minimum absolute atomic E-state index is 0.152. The van der Waals surface area contributed by atoms with Gasteiger partial charge in [-0.3, -0.25) is 9.59 Å². The first-order valence-corrected chi connectivity index (χ1v) is 16.7. The average molecular weight is 704 g/mol. The normalized spacial score (nSPS) is 14.1. The molecule has 13 heteroatoms. The Morgan fingerprint density at radius 3 is 1.17 bits per heavy atom. The van der Waals surface area contributed by atoms with Crippen LogP contribution < -0.4 is 37.9 Å². The van der Waals surface area contributed by atoms with Gasteiger partial charge in [-0.15, -0.1) is 0 Å². The number of aromatic nitrogens is 1. The smallest absolute Gasteiger partial charge is 0.271 e. The fraction of sp³-hybridized carbons (Fsp3) is 0.231. The minimum Gasteiger partial charge on any atom is -0.454 e. The number of hydrogen-bond donors (Lipinski definition) is 0. The van der Waals surface area contributed by atoms with Crippen LogP contribution in [0.3, 0.4) is 0 Å². The van der Waals surface area contributed by atoms with Gasteiger partial charge >= 0.3 is 0 Å². The molecule has 0 aliphatic carbocycles. The molecule has 0 fully saturated rings. The first kappa shape index (κ1) is 31.5. The van der Waals surface area contributed by atoms with Gasteiger partial charge in [0.25, 0.3) is 11.8 Å². The van der Waals surface area contributed by atoms with E-state index in [-0.39, 0.29) is 65.2 Å². The molecule has 0 atom stereocenters. The number of ether oxygens (including phenoxy) is 8. The third-order valence-corrected chi connectivity index (χ3v) is 9.29. The number of hydrogen-bond acceptors (Lipinski definition) is 10. The highest BCUT2D eigenvalue weighted by atomic mass is 16.7. The van der Waals surface area contributed by atoms with E-state index >= 15 is 0 Å². The van der Waals surface area contributed by atoms with Crippen LogP contribution in [0, 0.1) is 0 Å². The number of benzene rings is 4. The van der Waals surface area contributed by atoms with Crippen LogP contribution in [0.1, 0.15) is 43.1 Å². The second kappa shape index (κ2) is 13.0. The summed E-state index contributed by atoms with van der Waals surface area (Å²) in [6.07, 6.45) is 1.70. The Morgan fingerprint density at radius 2 is 0.808 bits per heavy atom. The predicted octanol–water partition coefficient (Wildman–Crippen LogP) is 5.63. The maximum atomic E-state index is 14.5. The molecule has 0 unspecified atom stereocenters. The molecule has 2 amide bonds. The summed E-state index contributed by atoms with van der Waals surface area (Å²) in [5, 5.41) is 0. The van der Waals surface area contributed by atoms with Crippen LogP contribution in [-0.4, -0.2) is 53.4 Å². The van der Waals surface area contributed by atoms with Crippen molar-refractivity contribution in [3.63, 3.8) is 0 Å². The molecule has 4 aliphatic heterocycles. The zero-order valence-corrected chi connectivity index (χ0v) is 28.2. The van der Waals surface area contributed by atoms with Crippen molar-refractivity contribution in [2.45, 2.75) is 26.2 Å². The van der Waals surface area contributed by atoms with Crippen molar-refractivity contribution < 1.29 is 47.5 Å². The summed E-state index contributed by atoms with van der Waals surface area (Å²) in [5.41, 5.74) is 4.19. The second-order valence-corrected chi connectivity index (χ2v) is 12.8. The molecule has 0 saturated carbocycles. The summed E-state index contributed by atoms with van der Waals surface area (Å²) in [4.78, 5) is 32.3. The molecular weight excluding hydrogens is 670 g/mol. The van der Waals surface area contributed by atoms with Crippen LogP contribution in [-0.2, 0) is 33.2 Å². The molecule has 4 aromatic carbocycles. The Morgan fingerprint density at radius 1 is 0.481 bits per heavy atom. The van der Waals surface area contributed by atoms with Gasteiger partial charge in [-0.05, 0) is 76.9 Å². The summed E-state index contributed by atoms with van der Waals surface area (Å²) in [5.74, 6) is 4.66. The Hall–Kier alpha value is -6.50. The zero-order valence-electron chi connectivity index (χ0n) is 28.2. The number of fused-ring (bicyclic) bond motifs is 4. The molecule has 5 aromatic rings. The van der Waals surface area contributed by atoms with Gasteiger partial charge in [-0.25, -0.2) is 0 Å². The molecule has 0 spiro atoms. The third kappa shape index (κ3) is 6.10. The van der Waals surface area contributed by atoms with Crippen LogP contribution >= 0.6 is 0 Å². The Balaban J connectivity index is 1.01. The lowest BCUT2D eigenvalue weighted by atomic mass is 10.1. The standard InChI is InChI=1S/C39H33N3O10/c1-40-19-28(38(43)41(15-24-2-6-30-34(10-24)49-20-45-30)16-25-3-7-31-35(11-25)50-21-46-31)14-29(40)39(44)42(17-26-4-8-32-36(12-26)51-22-47-32)18-27-5-9-33-37(13-27)52-23-48-33/h2-14,19H,15-18,20-23H2,1H3. The van der Waals surface area contributed by atoms with E-state index in [9.17, 15) is 9.59 Å². The van der Waals surface area contributed by atoms with Gasteiger partial charge in [0, 0.05) is 39.4 Å². The third-order valence-electron chi connectivity index (χ3n) is 9.29. The molecule has 264 valence electrons. The van der Waals surface area contributed by atoms with E-state index in [1.807, 2.05) is 72.8 Å². The van der Waals surface area contributed by atoms with E-state index < -0.39 is 0 Å². The van der Waals surface area contributed by atoms with Crippen molar-refractivity contribution >= 4 is 11.8 Å². The van der Waals surface area contributed by atoms with Crippen molar-refractivity contribution in [2.75, 3.05) is 27.2 Å². The van der Waals surface area contributed by atoms with Crippen LogP contribution in [0.15, 0.2) is 85.1 Å². The highest BCUT2D eigenvalue weighted by Gasteiger charge is 2.27. The molecule has 52 heavy (non-hydrogen) atoms. The molecule has 5 heterocycles. The quantitative estimate of drug-likeness (QED) is 0.181. The van der Waals surface area contributed by atoms with E-state index in [4.69, 9.17) is 37.9 Å². The van der Waals surface area contributed by atoms with E-state index in [1.165, 1.54) is 0 Å². The lowest BCUT2D eigenvalue weighted by molar-refractivity contribution is 0.0719. The topological polar surface area (TPSA) is 119 Å². The van der Waals surface area contributed by atoms with Gasteiger partial charge in [0.1, 0.15) is 5.69 Å². The number of nitrogens with zero attached hydrogens (tertiary/aromatic N) is 3. The van der Waals surface area contributed by atoms with Crippen LogP contribution in [0.5, 0.6) is 46.0 Å². The number of amides is 2. The lowest BCUT2D eigenvalue weighted by Gasteiger charge is -2.24. The van der Waals surface area contributed by atoms with Crippen LogP contribution in [0.4, 0.5) is 0 Å². The molecule has 0 N–H and O–H groups in total. The largest absolute Gasteiger partial charge is 0.454 e. The van der Waals surface area contributed by atoms with Gasteiger partial charge in [0.15, 0.2) is 46.0 Å². The van der Waals surface area contributed by atoms with E-state index in [0.717, 1.165) is 22.3 Å². The van der Waals surface area contributed by atoms with Crippen LogP contribution in [0.2, 0.25) is 0 Å². The summed E-state index contributed by atoms with van der Waals surface area (Å²) >= 11 is 0. The molecule has 0 radical (unpaired) electrons. The summed E-state index contributed by atoms with van der Waals surface area (Å²) in [6.45, 7) is 1.72. The number of carbonyl (C=O) groups is 2. The molecule has 1 aromatic heterocycles. The molecule has 13 nitrogen and oxygen atoms in total. The molecular formula is C39H33N3O10. The van der Waals surface area contributed by atoms with Crippen LogP contribution in [0.25, 0.3) is 0 Å². The summed E-state index contributed by atoms with van der Waals surface area (Å²) in [7, 11) is 1.77. The van der Waals surface area contributed by atoms with Crippen molar-refractivity contribution in [1.82, 2.24) is 14.4 Å². The molecule has 9 rings (SSSR count). The molecule has 0 bridgehead atoms. The fourth-order valence-electron chi connectivity index (χ4n) is 6.68. The van der Waals surface area contributed by atoms with E-state index in [1.54, 1.807) is 33.7 Å².